The van der Waals surface area contributed by atoms with Crippen molar-refractivity contribution in [1.82, 2.24) is 0 Å². The van der Waals surface area contributed by atoms with Gasteiger partial charge in [0.1, 0.15) is 0 Å². The summed E-state index contributed by atoms with van der Waals surface area (Å²) in [7, 11) is 0. The van der Waals surface area contributed by atoms with Crippen LogP contribution in [0.2, 0.25) is 0 Å². The minimum atomic E-state index is 0.187. The van der Waals surface area contributed by atoms with Crippen LogP contribution in [-0.2, 0) is 4.74 Å². The smallest absolute Gasteiger partial charge is 0.0778 e. The van der Waals surface area contributed by atoms with Gasteiger partial charge in [0.15, 0.2) is 0 Å². The Morgan fingerprint density at radius 3 is 2.40 bits per heavy atom. The number of ether oxygens (including phenoxy) is 1. The molecule has 0 aromatic heterocycles. The molecule has 3 saturated carbocycles. The van der Waals surface area contributed by atoms with Crippen LogP contribution in [0.25, 0.3) is 0 Å². The zero-order valence-electron chi connectivity index (χ0n) is 13.7. The Kier molecular flexibility index (Phi) is 3.98. The van der Waals surface area contributed by atoms with Crippen molar-refractivity contribution in [2.45, 2.75) is 84.3 Å². The highest BCUT2D eigenvalue weighted by molar-refractivity contribution is 14.1. The van der Waals surface area contributed by atoms with E-state index in [9.17, 15) is 0 Å². The summed E-state index contributed by atoms with van der Waals surface area (Å²) < 4.78 is 8.10. The second-order valence-corrected chi connectivity index (χ2v) is 9.50. The van der Waals surface area contributed by atoms with E-state index in [1.807, 2.05) is 0 Å². The summed E-state index contributed by atoms with van der Waals surface area (Å²) >= 11 is 2.57. The molecule has 3 rings (SSSR count). The zero-order valence-corrected chi connectivity index (χ0v) is 15.8. The first-order chi connectivity index (χ1) is 9.33. The summed E-state index contributed by atoms with van der Waals surface area (Å²) in [5.74, 6) is 1.74. The van der Waals surface area contributed by atoms with Gasteiger partial charge in [-0.15, -0.1) is 0 Å². The van der Waals surface area contributed by atoms with Gasteiger partial charge in [0.05, 0.1) is 11.7 Å². The van der Waals surface area contributed by atoms with Crippen molar-refractivity contribution >= 4 is 22.6 Å². The lowest BCUT2D eigenvalue weighted by atomic mass is 9.69. The molecular weight excluding hydrogens is 359 g/mol. The number of hydrogen-bond acceptors (Lipinski definition) is 1. The molecule has 0 heterocycles. The fraction of sp³-hybridized carbons (Fsp3) is 1.00. The molecule has 3 aliphatic rings. The molecule has 116 valence electrons. The summed E-state index contributed by atoms with van der Waals surface area (Å²) in [5.41, 5.74) is 1.08. The Morgan fingerprint density at radius 1 is 1.15 bits per heavy atom. The molecule has 1 nitrogen and oxygen atoms in total. The number of halogens is 1. The van der Waals surface area contributed by atoms with Crippen molar-refractivity contribution in [3.8, 4) is 0 Å². The SMILES string of the molecule is CC1CCCC(CI)(OC2CC3CCC2(C)C3(C)C)C1. The van der Waals surface area contributed by atoms with Crippen LogP contribution in [0.4, 0.5) is 0 Å². The highest BCUT2D eigenvalue weighted by Crippen LogP contribution is 2.67. The van der Waals surface area contributed by atoms with Crippen LogP contribution < -0.4 is 0 Å². The molecule has 3 fully saturated rings. The van der Waals surface area contributed by atoms with Crippen molar-refractivity contribution in [3.05, 3.63) is 0 Å². The average molecular weight is 390 g/mol. The molecule has 0 amide bonds. The fourth-order valence-corrected chi connectivity index (χ4v) is 6.35. The van der Waals surface area contributed by atoms with E-state index in [2.05, 4.69) is 50.3 Å². The van der Waals surface area contributed by atoms with Gasteiger partial charge in [-0.2, -0.15) is 0 Å². The minimum absolute atomic E-state index is 0.187. The fourth-order valence-electron chi connectivity index (χ4n) is 5.48. The normalized spacial score (nSPS) is 50.5. The highest BCUT2D eigenvalue weighted by atomic mass is 127. The van der Waals surface area contributed by atoms with Crippen LogP contribution in [0, 0.1) is 22.7 Å². The van der Waals surface area contributed by atoms with Crippen molar-refractivity contribution in [1.29, 1.82) is 0 Å². The third-order valence-corrected chi connectivity index (χ3v) is 8.79. The molecule has 20 heavy (non-hydrogen) atoms. The molecular formula is C18H31IO. The highest BCUT2D eigenvalue weighted by Gasteiger charge is 2.63. The van der Waals surface area contributed by atoms with Crippen LogP contribution >= 0.6 is 22.6 Å². The first-order valence-electron chi connectivity index (χ1n) is 8.57. The van der Waals surface area contributed by atoms with Crippen LogP contribution in [0.1, 0.15) is 72.6 Å². The van der Waals surface area contributed by atoms with Crippen molar-refractivity contribution in [3.63, 3.8) is 0 Å². The first kappa shape index (κ1) is 15.6. The van der Waals surface area contributed by atoms with E-state index in [0.717, 1.165) is 11.8 Å². The van der Waals surface area contributed by atoms with Crippen LogP contribution in [0.15, 0.2) is 0 Å². The van der Waals surface area contributed by atoms with E-state index in [1.54, 1.807) is 0 Å². The van der Waals surface area contributed by atoms with Crippen molar-refractivity contribution in [2.24, 2.45) is 22.7 Å². The van der Waals surface area contributed by atoms with Gasteiger partial charge in [-0.1, -0.05) is 63.1 Å². The topological polar surface area (TPSA) is 9.23 Å². The molecule has 0 aromatic carbocycles. The maximum atomic E-state index is 6.92. The zero-order chi connectivity index (χ0) is 14.6. The van der Waals surface area contributed by atoms with Crippen molar-refractivity contribution < 1.29 is 4.74 Å². The van der Waals surface area contributed by atoms with E-state index in [-0.39, 0.29) is 5.60 Å². The van der Waals surface area contributed by atoms with Crippen LogP contribution in [-0.4, -0.2) is 16.1 Å². The molecule has 0 radical (unpaired) electrons. The van der Waals surface area contributed by atoms with Gasteiger partial charge in [0.25, 0.3) is 0 Å². The van der Waals surface area contributed by atoms with Crippen LogP contribution in [0.5, 0.6) is 0 Å². The van der Waals surface area contributed by atoms with Gasteiger partial charge in [-0.25, -0.2) is 0 Å². The third kappa shape index (κ3) is 2.19. The summed E-state index contributed by atoms with van der Waals surface area (Å²) in [6, 6.07) is 0. The lowest BCUT2D eigenvalue weighted by Gasteiger charge is -2.46. The van der Waals surface area contributed by atoms with Gasteiger partial charge in [-0.3, -0.25) is 0 Å². The Labute approximate surface area is 138 Å². The quantitative estimate of drug-likeness (QED) is 0.450. The lowest BCUT2D eigenvalue weighted by Crippen LogP contribution is -2.47. The Morgan fingerprint density at radius 2 is 1.90 bits per heavy atom. The second kappa shape index (κ2) is 5.11. The maximum absolute atomic E-state index is 6.92. The standard InChI is InChI=1S/C18H31IO/c1-13-6-5-8-18(11-13,12-19)20-15-10-14-7-9-17(15,4)16(14,2)3/h13-15H,5-12H2,1-4H3. The van der Waals surface area contributed by atoms with Gasteiger partial charge in [-0.05, 0) is 54.8 Å². The Balaban J connectivity index is 1.78. The first-order valence-corrected chi connectivity index (χ1v) is 10.1. The van der Waals surface area contributed by atoms with Crippen LogP contribution in [0.3, 0.4) is 0 Å². The number of fused-ring (bicyclic) bond motifs is 2. The molecule has 2 bridgehead atoms. The summed E-state index contributed by atoms with van der Waals surface area (Å²) in [6.45, 7) is 9.91. The maximum Gasteiger partial charge on any atom is 0.0778 e. The molecule has 3 aliphatic carbocycles. The molecule has 0 saturated heterocycles. The number of hydrogen-bond donors (Lipinski definition) is 0. The van der Waals surface area contributed by atoms with E-state index in [0.29, 0.717) is 16.9 Å². The van der Waals surface area contributed by atoms with Gasteiger partial charge in [0.2, 0.25) is 0 Å². The monoisotopic (exact) mass is 390 g/mol. The molecule has 0 N–H and O–H groups in total. The van der Waals surface area contributed by atoms with E-state index in [4.69, 9.17) is 4.74 Å². The Hall–Kier alpha value is 0.690. The molecule has 5 unspecified atom stereocenters. The summed E-state index contributed by atoms with van der Waals surface area (Å²) in [4.78, 5) is 0. The van der Waals surface area contributed by atoms with E-state index < -0.39 is 0 Å². The van der Waals surface area contributed by atoms with Gasteiger partial charge >= 0.3 is 0 Å². The predicted molar refractivity (Wildman–Crippen MR) is 93.4 cm³/mol. The summed E-state index contributed by atoms with van der Waals surface area (Å²) in [6.07, 6.45) is 9.97. The minimum Gasteiger partial charge on any atom is -0.370 e. The van der Waals surface area contributed by atoms with E-state index >= 15 is 0 Å². The Bertz CT molecular complexity index is 380. The lowest BCUT2D eigenvalue weighted by molar-refractivity contribution is -0.150. The largest absolute Gasteiger partial charge is 0.370 e. The molecule has 5 atom stereocenters. The molecule has 0 aliphatic heterocycles. The third-order valence-electron chi connectivity index (χ3n) is 7.40. The van der Waals surface area contributed by atoms with Gasteiger partial charge < -0.3 is 4.74 Å². The molecule has 0 aromatic rings. The van der Waals surface area contributed by atoms with Crippen molar-refractivity contribution in [2.75, 3.05) is 4.43 Å². The van der Waals surface area contributed by atoms with Gasteiger partial charge in [0, 0.05) is 4.43 Å². The average Bonchev–Trinajstić information content (AvgIpc) is 2.72. The second-order valence-electron chi connectivity index (χ2n) is 8.74. The molecule has 2 heteroatoms. The predicted octanol–water partition coefficient (Wildman–Crippen LogP) is 5.60. The van der Waals surface area contributed by atoms with E-state index in [1.165, 1.54) is 49.4 Å². The molecule has 0 spiro atoms. The number of rotatable bonds is 3. The summed E-state index contributed by atoms with van der Waals surface area (Å²) in [5, 5.41) is 0. The number of alkyl halides is 1.